The Labute approximate surface area is 148 Å². The quantitative estimate of drug-likeness (QED) is 0.879. The monoisotopic (exact) mass is 339 g/mol. The van der Waals surface area contributed by atoms with E-state index in [0.717, 1.165) is 16.7 Å². The highest BCUT2D eigenvalue weighted by Crippen LogP contribution is 2.21. The van der Waals surface area contributed by atoms with E-state index in [1.165, 1.54) is 0 Å². The van der Waals surface area contributed by atoms with Gasteiger partial charge in [-0.05, 0) is 29.7 Å². The topological polar surface area (TPSA) is 71.1 Å². The van der Waals surface area contributed by atoms with Gasteiger partial charge in [0, 0.05) is 17.8 Å². The Balaban J connectivity index is 1.91. The molecule has 1 aromatic heterocycles. The first-order chi connectivity index (χ1) is 11.8. The lowest BCUT2D eigenvalue weighted by molar-refractivity contribution is -0.131. The number of pyridine rings is 1. The molecule has 0 aliphatic heterocycles. The summed E-state index contributed by atoms with van der Waals surface area (Å²) in [5, 5.41) is 5.55. The fourth-order valence-corrected chi connectivity index (χ4v) is 2.30. The average Bonchev–Trinajstić information content (AvgIpc) is 2.59. The second-order valence-electron chi connectivity index (χ2n) is 7.09. The predicted octanol–water partition coefficient (Wildman–Crippen LogP) is 3.09. The van der Waals surface area contributed by atoms with Crippen LogP contribution in [-0.2, 0) is 9.59 Å². The zero-order chi connectivity index (χ0) is 18.4. The van der Waals surface area contributed by atoms with Crippen LogP contribution >= 0.6 is 0 Å². The number of nitrogens with one attached hydrogen (secondary N) is 2. The molecular weight excluding hydrogens is 314 g/mol. The van der Waals surface area contributed by atoms with Gasteiger partial charge in [0.05, 0.1) is 12.6 Å². The van der Waals surface area contributed by atoms with Crippen LogP contribution in [0.1, 0.15) is 39.3 Å². The van der Waals surface area contributed by atoms with E-state index in [0.29, 0.717) is 0 Å². The van der Waals surface area contributed by atoms with Crippen LogP contribution < -0.4 is 10.6 Å². The van der Waals surface area contributed by atoms with Crippen molar-refractivity contribution in [3.8, 4) is 11.1 Å². The van der Waals surface area contributed by atoms with Gasteiger partial charge in [-0.25, -0.2) is 0 Å². The molecule has 25 heavy (non-hydrogen) atoms. The molecule has 2 rings (SSSR count). The van der Waals surface area contributed by atoms with Gasteiger partial charge in [0.15, 0.2) is 0 Å². The largest absolute Gasteiger partial charge is 0.348 e. The van der Waals surface area contributed by atoms with Crippen LogP contribution in [0, 0.1) is 5.41 Å². The van der Waals surface area contributed by atoms with E-state index in [1.807, 2.05) is 70.3 Å². The summed E-state index contributed by atoms with van der Waals surface area (Å²) in [5.41, 5.74) is 2.63. The van der Waals surface area contributed by atoms with Crippen molar-refractivity contribution in [3.05, 3.63) is 54.4 Å². The van der Waals surface area contributed by atoms with Crippen molar-refractivity contribution in [2.24, 2.45) is 5.41 Å². The summed E-state index contributed by atoms with van der Waals surface area (Å²) >= 11 is 0. The van der Waals surface area contributed by atoms with E-state index in [9.17, 15) is 9.59 Å². The number of carbonyl (C=O) groups excluding carboxylic acids is 2. The summed E-state index contributed by atoms with van der Waals surface area (Å²) in [6, 6.07) is 11.8. The maximum Gasteiger partial charge on any atom is 0.239 e. The SMILES string of the molecule is C[C@H](NC(=O)CNC(=O)C(C)(C)C)c1ccc(-c2cccnc2)cc1. The second kappa shape index (κ2) is 7.92. The van der Waals surface area contributed by atoms with E-state index >= 15 is 0 Å². The van der Waals surface area contributed by atoms with E-state index in [4.69, 9.17) is 0 Å². The lowest BCUT2D eigenvalue weighted by Gasteiger charge is -2.19. The molecule has 0 saturated heterocycles. The van der Waals surface area contributed by atoms with Crippen molar-refractivity contribution in [1.82, 2.24) is 15.6 Å². The zero-order valence-corrected chi connectivity index (χ0v) is 15.2. The highest BCUT2D eigenvalue weighted by Gasteiger charge is 2.21. The minimum absolute atomic E-state index is 0.0196. The second-order valence-corrected chi connectivity index (χ2v) is 7.09. The van der Waals surface area contributed by atoms with Crippen molar-refractivity contribution in [3.63, 3.8) is 0 Å². The summed E-state index contributed by atoms with van der Waals surface area (Å²) in [6.45, 7) is 7.34. The maximum atomic E-state index is 12.0. The molecule has 0 saturated carbocycles. The Morgan fingerprint density at radius 3 is 2.32 bits per heavy atom. The van der Waals surface area contributed by atoms with E-state index in [-0.39, 0.29) is 24.4 Å². The molecule has 1 aromatic carbocycles. The summed E-state index contributed by atoms with van der Waals surface area (Å²) in [6.07, 6.45) is 3.56. The van der Waals surface area contributed by atoms with Gasteiger partial charge in [-0.1, -0.05) is 51.1 Å². The molecule has 5 nitrogen and oxygen atoms in total. The van der Waals surface area contributed by atoms with Crippen molar-refractivity contribution < 1.29 is 9.59 Å². The zero-order valence-electron chi connectivity index (χ0n) is 15.2. The molecule has 2 amide bonds. The molecule has 0 fully saturated rings. The van der Waals surface area contributed by atoms with Crippen molar-refractivity contribution in [2.75, 3.05) is 6.54 Å². The van der Waals surface area contributed by atoms with Crippen molar-refractivity contribution in [1.29, 1.82) is 0 Å². The van der Waals surface area contributed by atoms with Crippen molar-refractivity contribution in [2.45, 2.75) is 33.7 Å². The lowest BCUT2D eigenvalue weighted by Crippen LogP contribution is -2.42. The van der Waals surface area contributed by atoms with Crippen LogP contribution in [0.15, 0.2) is 48.8 Å². The van der Waals surface area contributed by atoms with Gasteiger partial charge in [-0.3, -0.25) is 14.6 Å². The molecule has 2 aromatic rings. The third-order valence-corrected chi connectivity index (χ3v) is 3.87. The highest BCUT2D eigenvalue weighted by molar-refractivity contribution is 5.87. The molecule has 1 heterocycles. The molecule has 132 valence electrons. The first-order valence-electron chi connectivity index (χ1n) is 8.35. The number of hydrogen-bond acceptors (Lipinski definition) is 3. The van der Waals surface area contributed by atoms with Crippen molar-refractivity contribution >= 4 is 11.8 Å². The highest BCUT2D eigenvalue weighted by atomic mass is 16.2. The number of amides is 2. The van der Waals surface area contributed by atoms with Crippen LogP contribution in [0.25, 0.3) is 11.1 Å². The van der Waals surface area contributed by atoms with Crippen LogP contribution in [0.4, 0.5) is 0 Å². The molecule has 0 aliphatic carbocycles. The fourth-order valence-electron chi connectivity index (χ4n) is 2.30. The smallest absolute Gasteiger partial charge is 0.239 e. The Morgan fingerprint density at radius 2 is 1.76 bits per heavy atom. The standard InChI is InChI=1S/C20H25N3O2/c1-14(23-18(24)13-22-19(25)20(2,3)4)15-7-9-16(10-8-15)17-6-5-11-21-12-17/h5-12,14H,13H2,1-4H3,(H,22,25)(H,23,24)/t14-/m0/s1. The van der Waals surface area contributed by atoms with Crippen LogP contribution in [0.3, 0.4) is 0 Å². The van der Waals surface area contributed by atoms with Gasteiger partial charge >= 0.3 is 0 Å². The third-order valence-electron chi connectivity index (χ3n) is 3.87. The van der Waals surface area contributed by atoms with Gasteiger partial charge in [0.25, 0.3) is 0 Å². The third kappa shape index (κ3) is 5.41. The van der Waals surface area contributed by atoms with Crippen LogP contribution in [0.2, 0.25) is 0 Å². The number of rotatable bonds is 5. The number of benzene rings is 1. The minimum atomic E-state index is -0.506. The Hall–Kier alpha value is -2.69. The van der Waals surface area contributed by atoms with Gasteiger partial charge in [0.1, 0.15) is 0 Å². The molecular formula is C20H25N3O2. The molecule has 0 spiro atoms. The first kappa shape index (κ1) is 18.6. The summed E-state index contributed by atoms with van der Waals surface area (Å²) in [5.74, 6) is -0.349. The fraction of sp³-hybridized carbons (Fsp3) is 0.350. The van der Waals surface area contributed by atoms with Gasteiger partial charge in [-0.2, -0.15) is 0 Å². The average molecular weight is 339 g/mol. The lowest BCUT2D eigenvalue weighted by atomic mass is 9.96. The van der Waals surface area contributed by atoms with E-state index in [2.05, 4.69) is 15.6 Å². The summed E-state index contributed by atoms with van der Waals surface area (Å²) < 4.78 is 0. The Bertz CT molecular complexity index is 719. The molecule has 0 radical (unpaired) electrons. The number of aromatic nitrogens is 1. The molecule has 0 aliphatic rings. The summed E-state index contributed by atoms with van der Waals surface area (Å²) in [7, 11) is 0. The summed E-state index contributed by atoms with van der Waals surface area (Å²) in [4.78, 5) is 27.9. The van der Waals surface area contributed by atoms with Crippen LogP contribution in [-0.4, -0.2) is 23.3 Å². The number of hydrogen-bond donors (Lipinski definition) is 2. The normalized spacial score (nSPS) is 12.3. The molecule has 1 atom stereocenters. The number of carbonyl (C=O) groups is 2. The Kier molecular flexibility index (Phi) is 5.91. The molecule has 5 heteroatoms. The van der Waals surface area contributed by atoms with Gasteiger partial charge < -0.3 is 10.6 Å². The van der Waals surface area contributed by atoms with Gasteiger partial charge in [0.2, 0.25) is 11.8 Å². The van der Waals surface area contributed by atoms with Gasteiger partial charge in [-0.15, -0.1) is 0 Å². The van der Waals surface area contributed by atoms with Crippen LogP contribution in [0.5, 0.6) is 0 Å². The van der Waals surface area contributed by atoms with E-state index < -0.39 is 5.41 Å². The number of nitrogens with zero attached hydrogens (tertiary/aromatic N) is 1. The molecule has 0 unspecified atom stereocenters. The predicted molar refractivity (Wildman–Crippen MR) is 98.7 cm³/mol. The molecule has 0 bridgehead atoms. The minimum Gasteiger partial charge on any atom is -0.348 e. The maximum absolute atomic E-state index is 12.0. The van der Waals surface area contributed by atoms with E-state index in [1.54, 1.807) is 6.20 Å². The molecule has 2 N–H and O–H groups in total. The first-order valence-corrected chi connectivity index (χ1v) is 8.35. The Morgan fingerprint density at radius 1 is 1.08 bits per heavy atom.